The molecule has 0 amide bonds. The third kappa shape index (κ3) is 5.75. The number of ketones is 1. The monoisotopic (exact) mass is 469 g/mol. The molecule has 0 radical (unpaired) electrons. The number of aryl methyl sites for hydroxylation is 2. The summed E-state index contributed by atoms with van der Waals surface area (Å²) in [5.74, 6) is 0.894. The van der Waals surface area contributed by atoms with E-state index in [-0.39, 0.29) is 5.78 Å². The lowest BCUT2D eigenvalue weighted by molar-refractivity contribution is 0.0993. The average Bonchev–Trinajstić information content (AvgIpc) is 3.09. The Labute approximate surface area is 208 Å². The molecule has 1 N–H and O–H groups in total. The molecule has 0 saturated carbocycles. The van der Waals surface area contributed by atoms with Gasteiger partial charge in [-0.2, -0.15) is 0 Å². The first-order valence-electron chi connectivity index (χ1n) is 12.1. The van der Waals surface area contributed by atoms with Gasteiger partial charge >= 0.3 is 0 Å². The molecule has 0 bridgehead atoms. The molecule has 0 aliphatic rings. The molecule has 0 saturated heterocycles. The number of carbonyl (C=O) groups excluding carboxylic acids is 1. The topological polar surface area (TPSA) is 46.5 Å². The molecule has 1 aromatic heterocycles. The molecule has 4 aromatic rings. The molecule has 3 aromatic carbocycles. The van der Waals surface area contributed by atoms with Gasteiger partial charge in [-0.1, -0.05) is 12.1 Å². The minimum absolute atomic E-state index is 0.102. The van der Waals surface area contributed by atoms with Crippen molar-refractivity contribution in [2.75, 3.05) is 33.1 Å². The highest BCUT2D eigenvalue weighted by Crippen LogP contribution is 2.29. The maximum atomic E-state index is 12.7. The largest absolute Gasteiger partial charge is 0.497 e. The molecular weight excluding hydrogens is 434 g/mol. The van der Waals surface area contributed by atoms with Gasteiger partial charge in [0.15, 0.2) is 5.78 Å². The van der Waals surface area contributed by atoms with Crippen LogP contribution in [0.1, 0.15) is 33.6 Å². The van der Waals surface area contributed by atoms with Gasteiger partial charge in [0, 0.05) is 46.5 Å². The molecule has 182 valence electrons. The van der Waals surface area contributed by atoms with Crippen molar-refractivity contribution < 1.29 is 9.53 Å². The van der Waals surface area contributed by atoms with Crippen LogP contribution in [0.25, 0.3) is 10.9 Å². The third-order valence-corrected chi connectivity index (χ3v) is 6.65. The van der Waals surface area contributed by atoms with Gasteiger partial charge in [0.05, 0.1) is 7.11 Å². The standard InChI is InChI=1S/C30H35N3O2/c1-21-22(2)33(18-6-17-32(3)4)29-16-13-26(20-28(21)29)31-25-11-9-24(10-12-25)30(34)19-23-7-14-27(35-5)15-8-23/h7-16,20,31H,6,17-19H2,1-5H3. The van der Waals surface area contributed by atoms with Crippen LogP contribution in [-0.2, 0) is 13.0 Å². The zero-order valence-electron chi connectivity index (χ0n) is 21.4. The summed E-state index contributed by atoms with van der Waals surface area (Å²) >= 11 is 0. The molecule has 0 atom stereocenters. The van der Waals surface area contributed by atoms with Gasteiger partial charge in [-0.3, -0.25) is 4.79 Å². The second kappa shape index (κ2) is 10.8. The first kappa shape index (κ1) is 24.6. The lowest BCUT2D eigenvalue weighted by Gasteiger charge is -2.12. The van der Waals surface area contributed by atoms with Crippen molar-refractivity contribution in [1.82, 2.24) is 9.47 Å². The van der Waals surface area contributed by atoms with Gasteiger partial charge in [0.2, 0.25) is 0 Å². The van der Waals surface area contributed by atoms with E-state index >= 15 is 0 Å². The predicted octanol–water partition coefficient (Wildman–Crippen LogP) is 6.39. The van der Waals surface area contributed by atoms with Crippen LogP contribution in [0.4, 0.5) is 11.4 Å². The Morgan fingerprint density at radius 3 is 2.29 bits per heavy atom. The van der Waals surface area contributed by atoms with Crippen molar-refractivity contribution in [3.8, 4) is 5.75 Å². The van der Waals surface area contributed by atoms with Crippen LogP contribution < -0.4 is 10.1 Å². The molecule has 35 heavy (non-hydrogen) atoms. The quantitative estimate of drug-likeness (QED) is 0.274. The molecule has 0 fully saturated rings. The van der Waals surface area contributed by atoms with Gasteiger partial charge < -0.3 is 19.5 Å². The summed E-state index contributed by atoms with van der Waals surface area (Å²) < 4.78 is 7.62. The normalized spacial score (nSPS) is 11.3. The molecular formula is C30H35N3O2. The predicted molar refractivity (Wildman–Crippen MR) is 145 cm³/mol. The molecule has 5 nitrogen and oxygen atoms in total. The third-order valence-electron chi connectivity index (χ3n) is 6.65. The van der Waals surface area contributed by atoms with Crippen LogP contribution in [0, 0.1) is 13.8 Å². The van der Waals surface area contributed by atoms with E-state index in [1.807, 2.05) is 48.5 Å². The number of methoxy groups -OCH3 is 1. The molecule has 5 heteroatoms. The Hall–Kier alpha value is -3.57. The van der Waals surface area contributed by atoms with E-state index in [0.29, 0.717) is 12.0 Å². The summed E-state index contributed by atoms with van der Waals surface area (Å²) in [5, 5.41) is 4.78. The van der Waals surface area contributed by atoms with Crippen molar-refractivity contribution in [3.63, 3.8) is 0 Å². The number of benzene rings is 3. The molecule has 0 aliphatic heterocycles. The highest BCUT2D eigenvalue weighted by Gasteiger charge is 2.12. The number of carbonyl (C=O) groups is 1. The van der Waals surface area contributed by atoms with Crippen LogP contribution in [0.5, 0.6) is 5.75 Å². The Balaban J connectivity index is 1.44. The average molecular weight is 470 g/mol. The van der Waals surface area contributed by atoms with Crippen LogP contribution in [-0.4, -0.2) is 43.0 Å². The number of ether oxygens (including phenoxy) is 1. The molecule has 0 spiro atoms. The molecule has 4 rings (SSSR count). The number of anilines is 2. The lowest BCUT2D eigenvalue weighted by atomic mass is 10.0. The van der Waals surface area contributed by atoms with Gasteiger partial charge in [-0.05, 0) is 107 Å². The number of Topliss-reactive ketones (excluding diaryl/α,β-unsaturated/α-hetero) is 1. The Kier molecular flexibility index (Phi) is 7.57. The minimum atomic E-state index is 0.102. The summed E-state index contributed by atoms with van der Waals surface area (Å²) in [7, 11) is 5.88. The SMILES string of the molecule is COc1ccc(CC(=O)c2ccc(Nc3ccc4c(c3)c(C)c(C)n4CCCN(C)C)cc2)cc1. The van der Waals surface area contributed by atoms with E-state index in [0.717, 1.165) is 42.2 Å². The maximum absolute atomic E-state index is 12.7. The first-order chi connectivity index (χ1) is 16.9. The number of nitrogens with zero attached hydrogens (tertiary/aromatic N) is 2. The van der Waals surface area contributed by atoms with E-state index in [2.05, 4.69) is 60.9 Å². The number of rotatable bonds is 10. The molecule has 0 unspecified atom stereocenters. The second-order valence-electron chi connectivity index (χ2n) is 9.40. The zero-order chi connectivity index (χ0) is 24.9. The van der Waals surface area contributed by atoms with Crippen LogP contribution in [0.2, 0.25) is 0 Å². The highest BCUT2D eigenvalue weighted by atomic mass is 16.5. The zero-order valence-corrected chi connectivity index (χ0v) is 21.4. The van der Waals surface area contributed by atoms with Crippen molar-refractivity contribution in [3.05, 3.63) is 89.1 Å². The van der Waals surface area contributed by atoms with E-state index < -0.39 is 0 Å². The van der Waals surface area contributed by atoms with E-state index in [1.54, 1.807) is 7.11 Å². The fourth-order valence-electron chi connectivity index (χ4n) is 4.50. The Morgan fingerprint density at radius 1 is 0.943 bits per heavy atom. The number of aromatic nitrogens is 1. The smallest absolute Gasteiger partial charge is 0.167 e. The number of hydrogen-bond donors (Lipinski definition) is 1. The van der Waals surface area contributed by atoms with Crippen LogP contribution >= 0.6 is 0 Å². The van der Waals surface area contributed by atoms with Gasteiger partial charge in [-0.25, -0.2) is 0 Å². The van der Waals surface area contributed by atoms with Crippen LogP contribution in [0.3, 0.4) is 0 Å². The number of nitrogens with one attached hydrogen (secondary N) is 1. The summed E-state index contributed by atoms with van der Waals surface area (Å²) in [5.41, 5.74) is 7.63. The fraction of sp³-hybridized carbons (Fsp3) is 0.300. The highest BCUT2D eigenvalue weighted by molar-refractivity contribution is 5.98. The first-order valence-corrected chi connectivity index (χ1v) is 12.1. The molecule has 0 aliphatic carbocycles. The number of hydrogen-bond acceptors (Lipinski definition) is 4. The van der Waals surface area contributed by atoms with Gasteiger partial charge in [-0.15, -0.1) is 0 Å². The maximum Gasteiger partial charge on any atom is 0.167 e. The fourth-order valence-corrected chi connectivity index (χ4v) is 4.50. The second-order valence-corrected chi connectivity index (χ2v) is 9.40. The van der Waals surface area contributed by atoms with E-state index in [4.69, 9.17) is 4.74 Å². The summed E-state index contributed by atoms with van der Waals surface area (Å²) in [6, 6.07) is 21.9. The van der Waals surface area contributed by atoms with Gasteiger partial charge in [0.25, 0.3) is 0 Å². The summed E-state index contributed by atoms with van der Waals surface area (Å²) in [6.07, 6.45) is 1.50. The molecule has 1 heterocycles. The Morgan fingerprint density at radius 2 is 1.63 bits per heavy atom. The van der Waals surface area contributed by atoms with E-state index in [1.165, 1.54) is 22.2 Å². The van der Waals surface area contributed by atoms with Crippen molar-refractivity contribution in [2.45, 2.75) is 33.2 Å². The van der Waals surface area contributed by atoms with Crippen molar-refractivity contribution >= 4 is 28.1 Å². The van der Waals surface area contributed by atoms with Crippen molar-refractivity contribution in [2.24, 2.45) is 0 Å². The number of fused-ring (bicyclic) bond motifs is 1. The lowest BCUT2D eigenvalue weighted by Crippen LogP contribution is -2.15. The Bertz CT molecular complexity index is 1300. The summed E-state index contributed by atoms with van der Waals surface area (Å²) in [4.78, 5) is 14.9. The summed E-state index contributed by atoms with van der Waals surface area (Å²) in [6.45, 7) is 6.51. The van der Waals surface area contributed by atoms with Crippen LogP contribution in [0.15, 0.2) is 66.7 Å². The van der Waals surface area contributed by atoms with E-state index in [9.17, 15) is 4.79 Å². The van der Waals surface area contributed by atoms with Crippen molar-refractivity contribution in [1.29, 1.82) is 0 Å². The minimum Gasteiger partial charge on any atom is -0.497 e. The van der Waals surface area contributed by atoms with Gasteiger partial charge in [0.1, 0.15) is 5.75 Å².